The number of aromatic nitrogens is 3. The molecule has 3 rings (SSSR count). The van der Waals surface area contributed by atoms with E-state index < -0.39 is 0 Å². The quantitative estimate of drug-likeness (QED) is 0.176. The monoisotopic (exact) mass is 570 g/mol. The summed E-state index contributed by atoms with van der Waals surface area (Å²) in [6, 6.07) is 1.78. The molecule has 0 atom stereocenters. The lowest BCUT2D eigenvalue weighted by Gasteiger charge is -2.16. The molecule has 3 heterocycles. The summed E-state index contributed by atoms with van der Waals surface area (Å²) in [5.74, 6) is 0.0691. The first kappa shape index (κ1) is 32.5. The molecule has 0 radical (unpaired) electrons. The molecular formula is C34H46N6O2. The third-order valence-corrected chi connectivity index (χ3v) is 7.50. The molecule has 1 saturated heterocycles. The molecule has 3 N–H and O–H groups in total. The molecule has 2 aromatic rings. The third kappa shape index (κ3) is 8.73. The highest BCUT2D eigenvalue weighted by molar-refractivity contribution is 6.05. The number of rotatable bonds is 13. The van der Waals surface area contributed by atoms with E-state index in [1.54, 1.807) is 12.3 Å². The van der Waals surface area contributed by atoms with Gasteiger partial charge < -0.3 is 10.6 Å². The van der Waals surface area contributed by atoms with Gasteiger partial charge in [-0.25, -0.2) is 0 Å². The maximum absolute atomic E-state index is 13.5. The Labute approximate surface area is 250 Å². The predicted molar refractivity (Wildman–Crippen MR) is 173 cm³/mol. The van der Waals surface area contributed by atoms with Crippen molar-refractivity contribution in [2.45, 2.75) is 73.1 Å². The average molecular weight is 571 g/mol. The number of pyridine rings is 1. The Hall–Kier alpha value is -4.04. The normalized spacial score (nSPS) is 15.3. The number of anilines is 2. The van der Waals surface area contributed by atoms with Gasteiger partial charge in [0.15, 0.2) is 0 Å². The maximum atomic E-state index is 13.5. The van der Waals surface area contributed by atoms with Gasteiger partial charge in [0, 0.05) is 16.8 Å². The van der Waals surface area contributed by atoms with Crippen LogP contribution in [-0.2, 0) is 9.59 Å². The summed E-state index contributed by atoms with van der Waals surface area (Å²) in [6.45, 7) is 18.4. The number of likely N-dealkylation sites (tertiary alicyclic amines) is 1. The van der Waals surface area contributed by atoms with Gasteiger partial charge in [0.1, 0.15) is 0 Å². The van der Waals surface area contributed by atoms with Crippen LogP contribution in [0.1, 0.15) is 83.2 Å². The number of allylic oxidation sites excluding steroid dienone is 7. The first-order valence-electron chi connectivity index (χ1n) is 14.9. The second-order valence-electron chi connectivity index (χ2n) is 10.8. The van der Waals surface area contributed by atoms with Crippen molar-refractivity contribution >= 4 is 29.3 Å². The van der Waals surface area contributed by atoms with E-state index in [-0.39, 0.29) is 11.8 Å². The molecule has 224 valence electrons. The fraction of sp³-hybridized carbons (Fsp3) is 0.412. The van der Waals surface area contributed by atoms with Crippen LogP contribution in [0.5, 0.6) is 0 Å². The Morgan fingerprint density at radius 3 is 2.45 bits per heavy atom. The number of aromatic amines is 1. The molecule has 0 aliphatic carbocycles. The maximum Gasteiger partial charge on any atom is 0.251 e. The highest BCUT2D eigenvalue weighted by atomic mass is 16.2. The van der Waals surface area contributed by atoms with E-state index >= 15 is 0 Å². The molecule has 8 nitrogen and oxygen atoms in total. The number of carbonyl (C=O) groups excluding carboxylic acids is 2. The van der Waals surface area contributed by atoms with Crippen molar-refractivity contribution in [3.8, 4) is 0 Å². The molecule has 8 heteroatoms. The summed E-state index contributed by atoms with van der Waals surface area (Å²) < 4.78 is 0. The lowest BCUT2D eigenvalue weighted by Crippen LogP contribution is -2.31. The molecule has 0 spiro atoms. The van der Waals surface area contributed by atoms with Crippen LogP contribution >= 0.6 is 0 Å². The van der Waals surface area contributed by atoms with Crippen molar-refractivity contribution < 1.29 is 9.59 Å². The first-order chi connectivity index (χ1) is 20.2. The molecule has 0 bridgehead atoms. The Morgan fingerprint density at radius 1 is 1.10 bits per heavy atom. The topological polar surface area (TPSA) is 103 Å². The zero-order valence-electron chi connectivity index (χ0n) is 26.0. The molecular weight excluding hydrogens is 524 g/mol. The molecule has 0 saturated carbocycles. The van der Waals surface area contributed by atoms with E-state index in [9.17, 15) is 9.59 Å². The molecule has 2 aromatic heterocycles. The van der Waals surface area contributed by atoms with Gasteiger partial charge in [-0.3, -0.25) is 24.6 Å². The summed E-state index contributed by atoms with van der Waals surface area (Å²) in [5, 5.41) is 13.3. The lowest BCUT2D eigenvalue weighted by molar-refractivity contribution is -0.117. The lowest BCUT2D eigenvalue weighted by atomic mass is 9.97. The van der Waals surface area contributed by atoms with Crippen molar-refractivity contribution in [2.24, 2.45) is 0 Å². The van der Waals surface area contributed by atoms with Crippen LogP contribution in [0.3, 0.4) is 0 Å². The third-order valence-electron chi connectivity index (χ3n) is 7.50. The summed E-state index contributed by atoms with van der Waals surface area (Å²) in [4.78, 5) is 32.6. The number of aryl methyl sites for hydroxylation is 1. The van der Waals surface area contributed by atoms with E-state index in [0.717, 1.165) is 53.9 Å². The molecule has 42 heavy (non-hydrogen) atoms. The number of amides is 2. The van der Waals surface area contributed by atoms with Gasteiger partial charge in [-0.2, -0.15) is 5.10 Å². The number of hydrogen-bond acceptors (Lipinski definition) is 5. The Bertz CT molecular complexity index is 1390. The second-order valence-corrected chi connectivity index (χ2v) is 10.8. The van der Waals surface area contributed by atoms with Crippen LogP contribution in [0.4, 0.5) is 11.4 Å². The summed E-state index contributed by atoms with van der Waals surface area (Å²) in [7, 11) is 0. The average Bonchev–Trinajstić information content (AvgIpc) is 3.66. The minimum atomic E-state index is -0.175. The minimum absolute atomic E-state index is 0.0756. The van der Waals surface area contributed by atoms with Gasteiger partial charge in [0.25, 0.3) is 5.91 Å². The number of H-pyrrole nitrogens is 1. The molecule has 0 unspecified atom stereocenters. The van der Waals surface area contributed by atoms with Crippen LogP contribution in [0, 0.1) is 6.92 Å². The van der Waals surface area contributed by atoms with Gasteiger partial charge in [-0.05, 0) is 87.4 Å². The van der Waals surface area contributed by atoms with Crippen molar-refractivity contribution in [1.82, 2.24) is 20.1 Å². The summed E-state index contributed by atoms with van der Waals surface area (Å²) in [6.07, 6.45) is 17.0. The number of hydrogen-bond donors (Lipinski definition) is 3. The zero-order valence-corrected chi connectivity index (χ0v) is 26.0. The van der Waals surface area contributed by atoms with Gasteiger partial charge in [-0.1, -0.05) is 58.6 Å². The number of carbonyl (C=O) groups is 2. The van der Waals surface area contributed by atoms with E-state index in [2.05, 4.69) is 57.2 Å². The van der Waals surface area contributed by atoms with Crippen molar-refractivity contribution in [2.75, 3.05) is 30.3 Å². The molecule has 0 aromatic carbocycles. The van der Waals surface area contributed by atoms with E-state index in [1.165, 1.54) is 0 Å². The Balaban J connectivity index is 1.80. The SMILES string of the molecule is C=CC(=C\c1cn[nH]c1C(C)C)/C(/C=C\C(CC)=C(\CC)C(=O)Nc1cc(NC(=O)CN2CCCC2)cnc1C)=C/C. The van der Waals surface area contributed by atoms with E-state index in [0.29, 0.717) is 47.9 Å². The van der Waals surface area contributed by atoms with Crippen LogP contribution in [-0.4, -0.2) is 51.5 Å². The van der Waals surface area contributed by atoms with Crippen molar-refractivity contribution in [3.05, 3.63) is 88.6 Å². The molecule has 1 fully saturated rings. The van der Waals surface area contributed by atoms with Crippen LogP contribution in [0.2, 0.25) is 0 Å². The predicted octanol–water partition coefficient (Wildman–Crippen LogP) is 7.10. The van der Waals surface area contributed by atoms with E-state index in [4.69, 9.17) is 0 Å². The molecule has 1 aliphatic heterocycles. The molecule has 2 amide bonds. The minimum Gasteiger partial charge on any atom is -0.324 e. The summed E-state index contributed by atoms with van der Waals surface area (Å²) >= 11 is 0. The smallest absolute Gasteiger partial charge is 0.251 e. The second kappa shape index (κ2) is 15.8. The fourth-order valence-corrected chi connectivity index (χ4v) is 5.10. The Kier molecular flexibility index (Phi) is 12.2. The van der Waals surface area contributed by atoms with Gasteiger partial charge >= 0.3 is 0 Å². The van der Waals surface area contributed by atoms with Crippen LogP contribution in [0.15, 0.2) is 71.6 Å². The molecule has 1 aliphatic rings. The van der Waals surface area contributed by atoms with Crippen molar-refractivity contribution in [1.29, 1.82) is 0 Å². The standard InChI is InChI=1S/C34H46N6O2/c1-8-25(27(10-3)18-28-20-36-39-33(28)23(5)6)14-15-26(9-2)30(11-4)34(42)38-31-19-29(21-35-24(31)7)37-32(41)22-40-16-12-13-17-40/h8,10,14-15,18-21,23H,3,9,11-13,16-17,22H2,1-2,4-7H3,(H,36,39)(H,37,41)(H,38,42)/b15-14-,25-8+,27-18+,30-26-. The van der Waals surface area contributed by atoms with Gasteiger partial charge in [0.2, 0.25) is 5.91 Å². The van der Waals surface area contributed by atoms with Gasteiger partial charge in [-0.15, -0.1) is 0 Å². The fourth-order valence-electron chi connectivity index (χ4n) is 5.10. The first-order valence-corrected chi connectivity index (χ1v) is 14.9. The van der Waals surface area contributed by atoms with Gasteiger partial charge in [0.05, 0.1) is 36.0 Å². The Morgan fingerprint density at radius 2 is 1.83 bits per heavy atom. The summed E-state index contributed by atoms with van der Waals surface area (Å²) in [5.41, 5.74) is 7.56. The van der Waals surface area contributed by atoms with Crippen LogP contribution < -0.4 is 10.6 Å². The number of nitrogens with zero attached hydrogens (tertiary/aromatic N) is 3. The highest BCUT2D eigenvalue weighted by Crippen LogP contribution is 2.25. The zero-order chi connectivity index (χ0) is 30.6. The van der Waals surface area contributed by atoms with Crippen LogP contribution in [0.25, 0.3) is 6.08 Å². The highest BCUT2D eigenvalue weighted by Gasteiger charge is 2.17. The largest absolute Gasteiger partial charge is 0.324 e. The van der Waals surface area contributed by atoms with E-state index in [1.807, 2.05) is 58.2 Å². The number of nitrogens with one attached hydrogen (secondary N) is 3. The van der Waals surface area contributed by atoms with Crippen molar-refractivity contribution in [3.63, 3.8) is 0 Å².